The molecule has 0 bridgehead atoms. The van der Waals surface area contributed by atoms with Crippen molar-refractivity contribution in [1.82, 2.24) is 15.4 Å². The summed E-state index contributed by atoms with van der Waals surface area (Å²) in [6, 6.07) is 0. The number of carbonyl (C=O) groups excluding carboxylic acids is 1. The molecule has 0 aliphatic rings. The molecule has 19 heavy (non-hydrogen) atoms. The maximum Gasteiger partial charge on any atom is 0.357 e. The molecule has 2 heterocycles. The fraction of sp³-hybridized carbons (Fsp3) is 0.222. The van der Waals surface area contributed by atoms with Crippen molar-refractivity contribution in [2.75, 3.05) is 5.32 Å². The number of hydrogen-bond acceptors (Lipinski definition) is 6. The van der Waals surface area contributed by atoms with Gasteiger partial charge in [0, 0.05) is 0 Å². The summed E-state index contributed by atoms with van der Waals surface area (Å²) in [5.41, 5.74) is 0.807. The van der Waals surface area contributed by atoms with Gasteiger partial charge in [-0.3, -0.25) is 4.79 Å². The van der Waals surface area contributed by atoms with Crippen LogP contribution in [0.25, 0.3) is 0 Å². The van der Waals surface area contributed by atoms with Gasteiger partial charge in [-0.25, -0.2) is 0 Å². The molecule has 0 fully saturated rings. The minimum Gasteiger partial charge on any atom is -0.359 e. The Kier molecular flexibility index (Phi) is 3.34. The van der Waals surface area contributed by atoms with Crippen LogP contribution in [-0.2, 0) is 0 Å². The SMILES string of the molecule is Cc1noc(C)c1NC(=O)c1n[nH]c([N+](=O)[O-])c1Br. The van der Waals surface area contributed by atoms with Crippen molar-refractivity contribution in [2.24, 2.45) is 0 Å². The van der Waals surface area contributed by atoms with E-state index in [2.05, 4.69) is 36.6 Å². The number of H-pyrrole nitrogens is 1. The second kappa shape index (κ2) is 4.80. The number of hydrogen-bond donors (Lipinski definition) is 2. The molecule has 9 nitrogen and oxygen atoms in total. The number of aryl methyl sites for hydroxylation is 2. The highest BCUT2D eigenvalue weighted by atomic mass is 79.9. The third kappa shape index (κ3) is 2.34. The molecule has 2 aromatic heterocycles. The van der Waals surface area contributed by atoms with Crippen LogP contribution in [0.15, 0.2) is 9.00 Å². The molecule has 0 unspecified atom stereocenters. The fourth-order valence-electron chi connectivity index (χ4n) is 1.42. The van der Waals surface area contributed by atoms with E-state index >= 15 is 0 Å². The molecule has 1 amide bonds. The molecule has 2 rings (SSSR count). The number of anilines is 1. The summed E-state index contributed by atoms with van der Waals surface area (Å²) in [6.07, 6.45) is 0. The smallest absolute Gasteiger partial charge is 0.357 e. The van der Waals surface area contributed by atoms with E-state index in [1.54, 1.807) is 13.8 Å². The zero-order valence-electron chi connectivity index (χ0n) is 9.85. The molecule has 0 radical (unpaired) electrons. The molecule has 0 aromatic carbocycles. The Morgan fingerprint density at radius 3 is 2.68 bits per heavy atom. The molecule has 0 aliphatic carbocycles. The Balaban J connectivity index is 2.29. The zero-order valence-corrected chi connectivity index (χ0v) is 11.4. The lowest BCUT2D eigenvalue weighted by atomic mass is 10.3. The minimum atomic E-state index is -0.677. The van der Waals surface area contributed by atoms with Crippen molar-refractivity contribution >= 4 is 33.3 Å². The van der Waals surface area contributed by atoms with Crippen molar-refractivity contribution in [3.8, 4) is 0 Å². The molecule has 2 aromatic rings. The van der Waals surface area contributed by atoms with Crippen LogP contribution in [0.5, 0.6) is 0 Å². The number of aromatic nitrogens is 3. The largest absolute Gasteiger partial charge is 0.359 e. The molecule has 0 saturated carbocycles. The fourth-order valence-corrected chi connectivity index (χ4v) is 1.93. The van der Waals surface area contributed by atoms with Gasteiger partial charge in [0.2, 0.25) is 0 Å². The van der Waals surface area contributed by atoms with Gasteiger partial charge < -0.3 is 20.0 Å². The number of carbonyl (C=O) groups is 1. The van der Waals surface area contributed by atoms with Crippen molar-refractivity contribution in [3.63, 3.8) is 0 Å². The van der Waals surface area contributed by atoms with E-state index in [1.165, 1.54) is 0 Å². The van der Waals surface area contributed by atoms with E-state index in [4.69, 9.17) is 4.52 Å². The van der Waals surface area contributed by atoms with Gasteiger partial charge in [0.05, 0.1) is 0 Å². The van der Waals surface area contributed by atoms with Gasteiger partial charge in [-0.2, -0.15) is 0 Å². The van der Waals surface area contributed by atoms with Crippen molar-refractivity contribution < 1.29 is 14.2 Å². The molecule has 0 aliphatic heterocycles. The molecule has 10 heteroatoms. The standard InChI is InChI=1S/C9H8BrN5O4/c1-3-6(4(2)19-14-3)11-9(16)7-5(10)8(13-12-7)15(17)18/h1-2H3,(H,11,16)(H,12,13). The lowest BCUT2D eigenvalue weighted by Gasteiger charge is -2.01. The third-order valence-corrected chi connectivity index (χ3v) is 3.11. The van der Waals surface area contributed by atoms with E-state index in [9.17, 15) is 14.9 Å². The normalized spacial score (nSPS) is 10.5. The van der Waals surface area contributed by atoms with Gasteiger partial charge in [-0.15, -0.1) is 5.10 Å². The van der Waals surface area contributed by atoms with E-state index < -0.39 is 10.8 Å². The number of aromatic amines is 1. The Hall–Kier alpha value is -2.23. The van der Waals surface area contributed by atoms with Crippen LogP contribution in [0.3, 0.4) is 0 Å². The quantitative estimate of drug-likeness (QED) is 0.654. The first-order valence-corrected chi connectivity index (χ1v) is 5.83. The van der Waals surface area contributed by atoms with Crippen molar-refractivity contribution in [2.45, 2.75) is 13.8 Å². The molecule has 0 atom stereocenters. The van der Waals surface area contributed by atoms with Gasteiger partial charge >= 0.3 is 5.82 Å². The van der Waals surface area contributed by atoms with E-state index in [0.29, 0.717) is 17.1 Å². The first kappa shape index (κ1) is 13.2. The van der Waals surface area contributed by atoms with E-state index in [1.807, 2.05) is 0 Å². The lowest BCUT2D eigenvalue weighted by Crippen LogP contribution is -2.14. The van der Waals surface area contributed by atoms with Crippen molar-refractivity contribution in [3.05, 3.63) is 31.7 Å². The Labute approximate surface area is 114 Å². The summed E-state index contributed by atoms with van der Waals surface area (Å²) in [4.78, 5) is 21.9. The first-order valence-electron chi connectivity index (χ1n) is 5.04. The Morgan fingerprint density at radius 2 is 2.21 bits per heavy atom. The highest BCUT2D eigenvalue weighted by molar-refractivity contribution is 9.10. The number of rotatable bonds is 3. The van der Waals surface area contributed by atoms with Crippen molar-refractivity contribution in [1.29, 1.82) is 0 Å². The Morgan fingerprint density at radius 1 is 1.53 bits per heavy atom. The molecular formula is C9H8BrN5O4. The third-order valence-electron chi connectivity index (χ3n) is 2.36. The van der Waals surface area contributed by atoms with E-state index in [-0.39, 0.29) is 16.0 Å². The van der Waals surface area contributed by atoms with Gasteiger partial charge in [0.1, 0.15) is 15.9 Å². The first-order chi connectivity index (χ1) is 8.91. The maximum atomic E-state index is 12.0. The molecular weight excluding hydrogens is 322 g/mol. The molecule has 100 valence electrons. The lowest BCUT2D eigenvalue weighted by molar-refractivity contribution is -0.390. The molecule has 0 saturated heterocycles. The van der Waals surface area contributed by atoms with Crippen LogP contribution in [0, 0.1) is 24.0 Å². The average molecular weight is 330 g/mol. The summed E-state index contributed by atoms with van der Waals surface area (Å²) < 4.78 is 4.88. The van der Waals surface area contributed by atoms with E-state index in [0.717, 1.165) is 0 Å². The van der Waals surface area contributed by atoms with Crippen LogP contribution in [-0.4, -0.2) is 26.2 Å². The Bertz CT molecular complexity index is 642. The predicted molar refractivity (Wildman–Crippen MR) is 66.9 cm³/mol. The second-order valence-corrected chi connectivity index (χ2v) is 4.44. The number of nitro groups is 1. The second-order valence-electron chi connectivity index (χ2n) is 3.65. The highest BCUT2D eigenvalue weighted by Gasteiger charge is 2.25. The molecule has 0 spiro atoms. The predicted octanol–water partition coefficient (Wildman–Crippen LogP) is 1.94. The zero-order chi connectivity index (χ0) is 14.2. The van der Waals surface area contributed by atoms with Gasteiger partial charge in [0.15, 0.2) is 11.5 Å². The van der Waals surface area contributed by atoms with Crippen LogP contribution in [0.2, 0.25) is 0 Å². The number of nitrogens with zero attached hydrogens (tertiary/aromatic N) is 3. The van der Waals surface area contributed by atoms with Crippen LogP contribution < -0.4 is 5.32 Å². The van der Waals surface area contributed by atoms with Gasteiger partial charge in [-0.05, 0) is 34.7 Å². The summed E-state index contributed by atoms with van der Waals surface area (Å²) in [7, 11) is 0. The number of halogens is 1. The van der Waals surface area contributed by atoms with Crippen LogP contribution in [0.4, 0.5) is 11.5 Å². The van der Waals surface area contributed by atoms with Crippen LogP contribution in [0.1, 0.15) is 21.9 Å². The summed E-state index contributed by atoms with van der Waals surface area (Å²) in [5, 5.41) is 22.6. The highest BCUT2D eigenvalue weighted by Crippen LogP contribution is 2.27. The minimum absolute atomic E-state index is 0.0123. The van der Waals surface area contributed by atoms with Crippen LogP contribution >= 0.6 is 15.9 Å². The molecule has 2 N–H and O–H groups in total. The topological polar surface area (TPSA) is 127 Å². The number of amides is 1. The monoisotopic (exact) mass is 329 g/mol. The summed E-state index contributed by atoms with van der Waals surface area (Å²) >= 11 is 2.96. The average Bonchev–Trinajstić information content (AvgIpc) is 2.86. The van der Waals surface area contributed by atoms with Gasteiger partial charge in [0.25, 0.3) is 5.91 Å². The number of nitrogens with one attached hydrogen (secondary N) is 2. The maximum absolute atomic E-state index is 12.0. The summed E-state index contributed by atoms with van der Waals surface area (Å²) in [5.74, 6) is -0.554. The van der Waals surface area contributed by atoms with Gasteiger partial charge in [-0.1, -0.05) is 10.3 Å². The summed E-state index contributed by atoms with van der Waals surface area (Å²) in [6.45, 7) is 3.30.